The van der Waals surface area contributed by atoms with E-state index in [2.05, 4.69) is 4.98 Å². The lowest BCUT2D eigenvalue weighted by atomic mass is 9.88. The third kappa shape index (κ3) is 4.45. The highest BCUT2D eigenvalue weighted by atomic mass is 19.1. The van der Waals surface area contributed by atoms with E-state index in [4.69, 9.17) is 24.9 Å². The van der Waals surface area contributed by atoms with Crippen molar-refractivity contribution in [2.24, 2.45) is 5.73 Å². The van der Waals surface area contributed by atoms with E-state index >= 15 is 0 Å². The number of methoxy groups -OCH3 is 2. The molecule has 0 amide bonds. The number of benzene rings is 1. The highest BCUT2D eigenvalue weighted by Gasteiger charge is 2.39. The Kier molecular flexibility index (Phi) is 6.46. The smallest absolute Gasteiger partial charge is 0.325 e. The van der Waals surface area contributed by atoms with Crippen LogP contribution in [-0.2, 0) is 14.3 Å². The lowest BCUT2D eigenvalue weighted by molar-refractivity contribution is -0.147. The third-order valence-corrected chi connectivity index (χ3v) is 6.63. The molecule has 0 saturated carbocycles. The van der Waals surface area contributed by atoms with Gasteiger partial charge in [-0.1, -0.05) is 6.07 Å². The molecule has 188 valence electrons. The van der Waals surface area contributed by atoms with Gasteiger partial charge < -0.3 is 24.8 Å². The van der Waals surface area contributed by atoms with Gasteiger partial charge in [-0.25, -0.2) is 14.4 Å². The molecule has 0 unspecified atom stereocenters. The van der Waals surface area contributed by atoms with E-state index in [9.17, 15) is 9.18 Å². The molecular weight excluding hydrogens is 465 g/mol. The van der Waals surface area contributed by atoms with Crippen molar-refractivity contribution in [3.8, 4) is 17.1 Å². The minimum Gasteiger partial charge on any atom is -0.491 e. The molecule has 3 aromatic heterocycles. The van der Waals surface area contributed by atoms with E-state index < -0.39 is 11.5 Å². The van der Waals surface area contributed by atoms with Crippen LogP contribution in [-0.4, -0.2) is 66.4 Å². The number of nitrogens with two attached hydrogens (primary N) is 1. The van der Waals surface area contributed by atoms with E-state index in [1.165, 1.54) is 19.2 Å². The van der Waals surface area contributed by atoms with Crippen molar-refractivity contribution in [3.05, 3.63) is 54.6 Å². The molecular formula is C26H28FN5O4. The largest absolute Gasteiger partial charge is 0.491 e. The van der Waals surface area contributed by atoms with Crippen LogP contribution in [0.25, 0.3) is 27.9 Å². The zero-order valence-electron chi connectivity index (χ0n) is 20.2. The number of ether oxygens (including phenoxy) is 3. The number of hydrogen-bond acceptors (Lipinski definition) is 8. The summed E-state index contributed by atoms with van der Waals surface area (Å²) in [7, 11) is 2.97. The summed E-state index contributed by atoms with van der Waals surface area (Å²) in [5.41, 5.74) is 8.80. The quantitative estimate of drug-likeness (QED) is 0.309. The van der Waals surface area contributed by atoms with Crippen LogP contribution in [0.15, 0.2) is 48.8 Å². The number of anilines is 1. The molecule has 0 bridgehead atoms. The van der Waals surface area contributed by atoms with Gasteiger partial charge in [0.1, 0.15) is 29.4 Å². The summed E-state index contributed by atoms with van der Waals surface area (Å²) in [5.74, 6) is -0.0686. The van der Waals surface area contributed by atoms with Crippen LogP contribution in [0.1, 0.15) is 12.8 Å². The van der Waals surface area contributed by atoms with Crippen LogP contribution >= 0.6 is 0 Å². The molecule has 2 N–H and O–H groups in total. The number of rotatable bonds is 7. The van der Waals surface area contributed by atoms with Gasteiger partial charge in [-0.15, -0.1) is 0 Å². The highest BCUT2D eigenvalue weighted by molar-refractivity contribution is 5.93. The summed E-state index contributed by atoms with van der Waals surface area (Å²) in [6.07, 6.45) is 4.44. The van der Waals surface area contributed by atoms with Gasteiger partial charge in [-0.2, -0.15) is 0 Å². The molecule has 10 heteroatoms. The summed E-state index contributed by atoms with van der Waals surface area (Å²) in [5, 5.41) is 0.689. The van der Waals surface area contributed by atoms with E-state index in [1.807, 2.05) is 39.8 Å². The topological polar surface area (TPSA) is 104 Å². The fourth-order valence-corrected chi connectivity index (χ4v) is 4.60. The Balaban J connectivity index is 1.48. The third-order valence-electron chi connectivity index (χ3n) is 6.63. The summed E-state index contributed by atoms with van der Waals surface area (Å²) in [6, 6.07) is 10.4. The average Bonchev–Trinajstić information content (AvgIpc) is 3.31. The van der Waals surface area contributed by atoms with Gasteiger partial charge in [0.15, 0.2) is 0 Å². The highest BCUT2D eigenvalue weighted by Crippen LogP contribution is 2.33. The van der Waals surface area contributed by atoms with Crippen molar-refractivity contribution >= 4 is 28.2 Å². The number of pyridine rings is 2. The number of piperidine rings is 1. The molecule has 0 atom stereocenters. The first-order valence-electron chi connectivity index (χ1n) is 11.7. The Bertz CT molecular complexity index is 1410. The molecule has 1 saturated heterocycles. The number of fused-ring (bicyclic) bond motifs is 2. The molecule has 36 heavy (non-hydrogen) atoms. The predicted molar refractivity (Wildman–Crippen MR) is 134 cm³/mol. The number of imidazole rings is 1. The maximum atomic E-state index is 14.5. The number of esters is 1. The van der Waals surface area contributed by atoms with Gasteiger partial charge in [0.05, 0.1) is 42.5 Å². The van der Waals surface area contributed by atoms with Gasteiger partial charge in [0.2, 0.25) is 0 Å². The van der Waals surface area contributed by atoms with Crippen LogP contribution in [0.2, 0.25) is 0 Å². The van der Waals surface area contributed by atoms with Gasteiger partial charge in [-0.05, 0) is 37.1 Å². The van der Waals surface area contributed by atoms with Crippen LogP contribution in [0.3, 0.4) is 0 Å². The molecule has 9 nitrogen and oxygen atoms in total. The van der Waals surface area contributed by atoms with Crippen molar-refractivity contribution in [1.82, 2.24) is 14.4 Å². The second-order valence-electron chi connectivity index (χ2n) is 8.90. The van der Waals surface area contributed by atoms with Crippen LogP contribution in [0, 0.1) is 5.82 Å². The molecule has 4 aromatic rings. The lowest BCUT2D eigenvalue weighted by Gasteiger charge is -2.38. The average molecular weight is 494 g/mol. The van der Waals surface area contributed by atoms with Crippen LogP contribution < -0.4 is 15.4 Å². The van der Waals surface area contributed by atoms with Gasteiger partial charge in [0, 0.05) is 37.8 Å². The first-order valence-corrected chi connectivity index (χ1v) is 11.7. The van der Waals surface area contributed by atoms with E-state index in [1.54, 1.807) is 13.3 Å². The summed E-state index contributed by atoms with van der Waals surface area (Å²) in [6.45, 7) is 1.92. The van der Waals surface area contributed by atoms with Gasteiger partial charge in [0.25, 0.3) is 0 Å². The number of halogens is 1. The normalized spacial score (nSPS) is 15.4. The molecule has 0 aliphatic carbocycles. The Labute approximate surface area is 207 Å². The fraction of sp³-hybridized carbons (Fsp3) is 0.346. The van der Waals surface area contributed by atoms with Crippen molar-refractivity contribution < 1.29 is 23.4 Å². The molecule has 0 spiro atoms. The molecule has 1 aliphatic rings. The monoisotopic (exact) mass is 493 g/mol. The summed E-state index contributed by atoms with van der Waals surface area (Å²) < 4.78 is 32.0. The van der Waals surface area contributed by atoms with Crippen LogP contribution in [0.5, 0.6) is 5.75 Å². The second-order valence-corrected chi connectivity index (χ2v) is 8.90. The van der Waals surface area contributed by atoms with E-state index in [-0.39, 0.29) is 5.82 Å². The minimum absolute atomic E-state index is 0.347. The van der Waals surface area contributed by atoms with Crippen molar-refractivity contribution in [2.45, 2.75) is 18.4 Å². The molecule has 1 fully saturated rings. The standard InChI is InChI=1S/C26H28FN5O4/c1-34-11-12-36-19-5-8-32-22(16-29-23(32)15-19)20-4-3-17-13-18(27)14-21(24(17)30-20)31-9-6-26(28,7-10-31)25(33)35-2/h3-5,8,13-16H,6-7,9-12,28H2,1-2H3. The Morgan fingerprint density at radius 3 is 2.69 bits per heavy atom. The Morgan fingerprint density at radius 1 is 1.14 bits per heavy atom. The molecule has 5 rings (SSSR count). The van der Waals surface area contributed by atoms with Gasteiger partial charge in [-0.3, -0.25) is 9.20 Å². The number of aromatic nitrogens is 3. The Hall–Kier alpha value is -3.76. The Morgan fingerprint density at radius 2 is 1.94 bits per heavy atom. The second kappa shape index (κ2) is 9.71. The minimum atomic E-state index is -1.03. The zero-order chi connectivity index (χ0) is 25.3. The predicted octanol–water partition coefficient (Wildman–Crippen LogP) is 3.18. The number of nitrogens with zero attached hydrogens (tertiary/aromatic N) is 4. The maximum Gasteiger partial charge on any atom is 0.325 e. The van der Waals surface area contributed by atoms with Crippen molar-refractivity contribution in [2.75, 3.05) is 45.4 Å². The maximum absolute atomic E-state index is 14.5. The summed E-state index contributed by atoms with van der Waals surface area (Å²) in [4.78, 5) is 23.6. The van der Waals surface area contributed by atoms with Gasteiger partial charge >= 0.3 is 5.97 Å². The molecule has 1 aliphatic heterocycles. The van der Waals surface area contributed by atoms with Crippen LogP contribution in [0.4, 0.5) is 10.1 Å². The zero-order valence-corrected chi connectivity index (χ0v) is 20.2. The SMILES string of the molecule is COCCOc1ccn2c(-c3ccc4cc(F)cc(N5CCC(N)(C(=O)OC)CC5)c4n3)cnc2c1. The molecule has 0 radical (unpaired) electrons. The van der Waals surface area contributed by atoms with Crippen molar-refractivity contribution in [3.63, 3.8) is 0 Å². The van der Waals surface area contributed by atoms with Crippen molar-refractivity contribution in [1.29, 1.82) is 0 Å². The molecule has 4 heterocycles. The number of carbonyl (C=O) groups excluding carboxylic acids is 1. The fourth-order valence-electron chi connectivity index (χ4n) is 4.60. The summed E-state index contributed by atoms with van der Waals surface area (Å²) >= 11 is 0. The van der Waals surface area contributed by atoms with E-state index in [0.717, 1.165) is 11.3 Å². The number of carbonyl (C=O) groups is 1. The lowest BCUT2D eigenvalue weighted by Crippen LogP contribution is -2.56. The van der Waals surface area contributed by atoms with E-state index in [0.29, 0.717) is 67.2 Å². The molecule has 1 aromatic carbocycles. The number of hydrogen-bond donors (Lipinski definition) is 1. The first-order chi connectivity index (χ1) is 17.4. The first kappa shape index (κ1) is 24.0.